The molecular weight excluding hydrogens is 256 g/mol. The zero-order valence-electron chi connectivity index (χ0n) is 15.2. The first-order valence-electron chi connectivity index (χ1n) is 9.29. The average Bonchev–Trinajstić information content (AvgIpc) is 3.22. The van der Waals surface area contributed by atoms with Gasteiger partial charge in [0.05, 0.1) is 0 Å². The van der Waals surface area contributed by atoms with Gasteiger partial charge in [-0.05, 0) is 70.3 Å². The Morgan fingerprint density at radius 1 is 1.10 bits per heavy atom. The van der Waals surface area contributed by atoms with E-state index in [2.05, 4.69) is 44.8 Å². The van der Waals surface area contributed by atoms with Crippen LogP contribution >= 0.6 is 0 Å². The van der Waals surface area contributed by atoms with E-state index in [9.17, 15) is 0 Å². The molecular formula is C19H38N2. The molecule has 0 aliphatic heterocycles. The lowest BCUT2D eigenvalue weighted by Gasteiger charge is -2.44. The molecule has 0 radical (unpaired) electrons. The Morgan fingerprint density at radius 3 is 2.19 bits per heavy atom. The monoisotopic (exact) mass is 294 g/mol. The van der Waals surface area contributed by atoms with Gasteiger partial charge in [-0.1, -0.05) is 26.7 Å². The van der Waals surface area contributed by atoms with Gasteiger partial charge in [-0.15, -0.1) is 0 Å². The Labute approximate surface area is 133 Å². The minimum Gasteiger partial charge on any atom is -0.311 e. The number of hydrogen-bond donors (Lipinski definition) is 1. The molecule has 0 atom stereocenters. The fourth-order valence-electron chi connectivity index (χ4n) is 3.66. The Hall–Kier alpha value is -0.0800. The van der Waals surface area contributed by atoms with E-state index in [1.54, 1.807) is 0 Å². The first-order valence-corrected chi connectivity index (χ1v) is 9.29. The van der Waals surface area contributed by atoms with E-state index in [4.69, 9.17) is 0 Å². The highest BCUT2D eigenvalue weighted by atomic mass is 15.1. The van der Waals surface area contributed by atoms with Crippen molar-refractivity contribution in [3.63, 3.8) is 0 Å². The molecule has 2 nitrogen and oxygen atoms in total. The molecule has 0 aromatic rings. The molecule has 0 spiro atoms. The van der Waals surface area contributed by atoms with E-state index in [-0.39, 0.29) is 5.54 Å². The highest BCUT2D eigenvalue weighted by Gasteiger charge is 2.37. The maximum Gasteiger partial charge on any atom is 0.00967 e. The van der Waals surface area contributed by atoms with Gasteiger partial charge in [0, 0.05) is 25.2 Å². The van der Waals surface area contributed by atoms with E-state index in [1.165, 1.54) is 64.7 Å². The number of nitrogens with one attached hydrogen (secondary N) is 1. The predicted molar refractivity (Wildman–Crippen MR) is 92.7 cm³/mol. The molecule has 0 saturated heterocycles. The van der Waals surface area contributed by atoms with Crippen LogP contribution in [0.1, 0.15) is 73.1 Å². The Bertz CT molecular complexity index is 306. The third-order valence-electron chi connectivity index (χ3n) is 5.55. The molecule has 2 fully saturated rings. The fraction of sp³-hybridized carbons (Fsp3) is 1.00. The molecule has 2 aliphatic carbocycles. The van der Waals surface area contributed by atoms with E-state index >= 15 is 0 Å². The van der Waals surface area contributed by atoms with Crippen LogP contribution in [0, 0.1) is 17.3 Å². The molecule has 2 heteroatoms. The quantitative estimate of drug-likeness (QED) is 0.753. The van der Waals surface area contributed by atoms with Gasteiger partial charge in [-0.3, -0.25) is 0 Å². The second kappa shape index (κ2) is 7.00. The Balaban J connectivity index is 1.96. The van der Waals surface area contributed by atoms with Crippen molar-refractivity contribution in [2.75, 3.05) is 26.2 Å². The third kappa shape index (κ3) is 5.90. The molecule has 0 aromatic carbocycles. The molecule has 2 saturated carbocycles. The van der Waals surface area contributed by atoms with Crippen LogP contribution in [0.15, 0.2) is 0 Å². The molecule has 0 bridgehead atoms. The minimum atomic E-state index is 0.240. The molecule has 1 N–H and O–H groups in total. The molecule has 124 valence electrons. The standard InChI is InChI=1S/C19H38N2/c1-6-21(13-17-7-8-17)15-19(14-20-18(3,4)5)11-9-16(2)10-12-19/h16-17,20H,6-15H2,1-5H3. The van der Waals surface area contributed by atoms with Gasteiger partial charge in [0.2, 0.25) is 0 Å². The van der Waals surface area contributed by atoms with Gasteiger partial charge in [0.25, 0.3) is 0 Å². The van der Waals surface area contributed by atoms with Crippen molar-refractivity contribution in [2.24, 2.45) is 17.3 Å². The second-order valence-corrected chi connectivity index (χ2v) is 9.06. The van der Waals surface area contributed by atoms with Gasteiger partial charge in [-0.25, -0.2) is 0 Å². The van der Waals surface area contributed by atoms with Gasteiger partial charge in [-0.2, -0.15) is 0 Å². The Morgan fingerprint density at radius 2 is 1.71 bits per heavy atom. The molecule has 0 aromatic heterocycles. The van der Waals surface area contributed by atoms with Gasteiger partial charge in [0.15, 0.2) is 0 Å². The van der Waals surface area contributed by atoms with E-state index in [1.807, 2.05) is 0 Å². The van der Waals surface area contributed by atoms with Gasteiger partial charge in [0.1, 0.15) is 0 Å². The van der Waals surface area contributed by atoms with Crippen molar-refractivity contribution in [2.45, 2.75) is 78.7 Å². The molecule has 0 heterocycles. The summed E-state index contributed by atoms with van der Waals surface area (Å²) in [4.78, 5) is 2.75. The van der Waals surface area contributed by atoms with Crippen molar-refractivity contribution >= 4 is 0 Å². The summed E-state index contributed by atoms with van der Waals surface area (Å²) in [6, 6.07) is 0. The number of hydrogen-bond acceptors (Lipinski definition) is 2. The smallest absolute Gasteiger partial charge is 0.00967 e. The molecule has 0 unspecified atom stereocenters. The molecule has 0 amide bonds. The van der Waals surface area contributed by atoms with E-state index in [0.29, 0.717) is 5.41 Å². The van der Waals surface area contributed by atoms with Crippen molar-refractivity contribution in [3.05, 3.63) is 0 Å². The number of nitrogens with zero attached hydrogens (tertiary/aromatic N) is 1. The van der Waals surface area contributed by atoms with Crippen molar-refractivity contribution in [3.8, 4) is 0 Å². The first kappa shape index (κ1) is 17.3. The number of rotatable bonds is 7. The van der Waals surface area contributed by atoms with Crippen LogP contribution in [0.3, 0.4) is 0 Å². The summed E-state index contributed by atoms with van der Waals surface area (Å²) in [6.07, 6.45) is 8.62. The summed E-state index contributed by atoms with van der Waals surface area (Å²) >= 11 is 0. The lowest BCUT2D eigenvalue weighted by atomic mass is 9.70. The van der Waals surface area contributed by atoms with Crippen molar-refractivity contribution < 1.29 is 0 Å². The molecule has 2 rings (SSSR count). The first-order chi connectivity index (χ1) is 9.82. The summed E-state index contributed by atoms with van der Waals surface area (Å²) in [5.74, 6) is 1.95. The van der Waals surface area contributed by atoms with Gasteiger partial charge < -0.3 is 10.2 Å². The average molecular weight is 295 g/mol. The fourth-order valence-corrected chi connectivity index (χ4v) is 3.66. The SMILES string of the molecule is CCN(CC1CC1)CC1(CNC(C)(C)C)CCC(C)CC1. The lowest BCUT2D eigenvalue weighted by molar-refractivity contribution is 0.0799. The van der Waals surface area contributed by atoms with Crippen LogP contribution in [0.2, 0.25) is 0 Å². The van der Waals surface area contributed by atoms with Crippen LogP contribution in [-0.4, -0.2) is 36.6 Å². The summed E-state index contributed by atoms with van der Waals surface area (Å²) < 4.78 is 0. The van der Waals surface area contributed by atoms with Crippen molar-refractivity contribution in [1.29, 1.82) is 0 Å². The second-order valence-electron chi connectivity index (χ2n) is 9.06. The molecule has 2 aliphatic rings. The van der Waals surface area contributed by atoms with Crippen LogP contribution in [0.4, 0.5) is 0 Å². The topological polar surface area (TPSA) is 15.3 Å². The minimum absolute atomic E-state index is 0.240. The normalized spacial score (nSPS) is 30.9. The summed E-state index contributed by atoms with van der Waals surface area (Å²) in [7, 11) is 0. The van der Waals surface area contributed by atoms with Crippen LogP contribution in [0.5, 0.6) is 0 Å². The highest BCUT2D eigenvalue weighted by molar-refractivity contribution is 4.92. The van der Waals surface area contributed by atoms with E-state index < -0.39 is 0 Å². The summed E-state index contributed by atoms with van der Waals surface area (Å²) in [5, 5.41) is 3.82. The zero-order valence-corrected chi connectivity index (χ0v) is 15.2. The van der Waals surface area contributed by atoms with Crippen molar-refractivity contribution in [1.82, 2.24) is 10.2 Å². The summed E-state index contributed by atoms with van der Waals surface area (Å²) in [6.45, 7) is 16.8. The highest BCUT2D eigenvalue weighted by Crippen LogP contribution is 2.40. The predicted octanol–water partition coefficient (Wildman–Crippen LogP) is 4.30. The molecule has 21 heavy (non-hydrogen) atoms. The lowest BCUT2D eigenvalue weighted by Crippen LogP contribution is -2.50. The Kier molecular flexibility index (Phi) is 5.76. The summed E-state index contributed by atoms with van der Waals surface area (Å²) in [5.41, 5.74) is 0.758. The van der Waals surface area contributed by atoms with Gasteiger partial charge >= 0.3 is 0 Å². The van der Waals surface area contributed by atoms with Crippen LogP contribution in [0.25, 0.3) is 0 Å². The van der Waals surface area contributed by atoms with E-state index in [0.717, 1.165) is 11.8 Å². The van der Waals surface area contributed by atoms with Crippen LogP contribution < -0.4 is 5.32 Å². The third-order valence-corrected chi connectivity index (χ3v) is 5.55. The van der Waals surface area contributed by atoms with Crippen LogP contribution in [-0.2, 0) is 0 Å². The zero-order chi connectivity index (χ0) is 15.5. The largest absolute Gasteiger partial charge is 0.311 e. The maximum atomic E-state index is 3.82. The maximum absolute atomic E-state index is 3.82.